The van der Waals surface area contributed by atoms with Gasteiger partial charge in [0.25, 0.3) is 0 Å². The molecule has 6 aromatic carbocycles. The van der Waals surface area contributed by atoms with Gasteiger partial charge in [0.2, 0.25) is 0 Å². The normalized spacial score (nSPS) is 10.8. The van der Waals surface area contributed by atoms with Gasteiger partial charge in [-0.1, -0.05) is 121 Å². The minimum absolute atomic E-state index is 0.705. The first-order valence-corrected chi connectivity index (χ1v) is 13.1. The Labute approximate surface area is 229 Å². The molecule has 0 aliphatic carbocycles. The van der Waals surface area contributed by atoms with Crippen molar-refractivity contribution in [2.24, 2.45) is 0 Å². The zero-order chi connectivity index (χ0) is 25.7. The molecule has 0 bridgehead atoms. The van der Waals surface area contributed by atoms with Gasteiger partial charge < -0.3 is 4.90 Å². The van der Waals surface area contributed by atoms with E-state index in [0.29, 0.717) is 5.02 Å². The van der Waals surface area contributed by atoms with Gasteiger partial charge >= 0.3 is 0 Å². The van der Waals surface area contributed by atoms with Crippen molar-refractivity contribution in [2.75, 3.05) is 4.90 Å². The summed E-state index contributed by atoms with van der Waals surface area (Å²) < 4.78 is 0. The van der Waals surface area contributed by atoms with Gasteiger partial charge in [-0.3, -0.25) is 0 Å². The van der Waals surface area contributed by atoms with Crippen molar-refractivity contribution in [3.8, 4) is 33.4 Å². The molecule has 0 amide bonds. The molecule has 0 saturated carbocycles. The van der Waals surface area contributed by atoms with Crippen LogP contribution in [0.5, 0.6) is 0 Å². The molecule has 0 aliphatic heterocycles. The average Bonchev–Trinajstić information content (AvgIpc) is 2.99. The first-order valence-electron chi connectivity index (χ1n) is 12.7. The van der Waals surface area contributed by atoms with Crippen molar-refractivity contribution in [3.63, 3.8) is 0 Å². The van der Waals surface area contributed by atoms with E-state index in [1.54, 1.807) is 0 Å². The molecule has 0 aliphatic rings. The van der Waals surface area contributed by atoms with Crippen molar-refractivity contribution in [2.45, 2.75) is 0 Å². The van der Waals surface area contributed by atoms with E-state index in [0.717, 1.165) is 28.2 Å². The van der Waals surface area contributed by atoms with Gasteiger partial charge in [-0.15, -0.1) is 0 Å². The SMILES string of the molecule is Clc1cccc(N(c2ccc(-c3ccccc3)cc2)c2cc(-c3ccccc3)cc(-c3ccccc3)c2)c1. The van der Waals surface area contributed by atoms with Crippen molar-refractivity contribution < 1.29 is 0 Å². The van der Waals surface area contributed by atoms with Crippen molar-refractivity contribution >= 4 is 28.7 Å². The van der Waals surface area contributed by atoms with Crippen LogP contribution in [0.2, 0.25) is 5.02 Å². The number of rotatable bonds is 6. The smallest absolute Gasteiger partial charge is 0.0476 e. The second-order valence-electron chi connectivity index (χ2n) is 9.23. The Morgan fingerprint density at radius 2 is 0.789 bits per heavy atom. The Morgan fingerprint density at radius 1 is 0.316 bits per heavy atom. The second kappa shape index (κ2) is 10.8. The summed E-state index contributed by atoms with van der Waals surface area (Å²) in [4.78, 5) is 2.28. The number of hydrogen-bond donors (Lipinski definition) is 0. The average molecular weight is 508 g/mol. The maximum absolute atomic E-state index is 6.50. The molecule has 0 heterocycles. The monoisotopic (exact) mass is 507 g/mol. The molecule has 182 valence electrons. The molecule has 0 N–H and O–H groups in total. The second-order valence-corrected chi connectivity index (χ2v) is 9.67. The third kappa shape index (κ3) is 5.11. The van der Waals surface area contributed by atoms with E-state index >= 15 is 0 Å². The lowest BCUT2D eigenvalue weighted by atomic mass is 9.97. The highest BCUT2D eigenvalue weighted by Gasteiger charge is 2.16. The van der Waals surface area contributed by atoms with E-state index in [-0.39, 0.29) is 0 Å². The Balaban J connectivity index is 1.53. The fourth-order valence-corrected chi connectivity index (χ4v) is 5.02. The maximum Gasteiger partial charge on any atom is 0.0476 e. The van der Waals surface area contributed by atoms with Gasteiger partial charge in [-0.25, -0.2) is 0 Å². The molecule has 0 aromatic heterocycles. The number of benzene rings is 6. The summed E-state index contributed by atoms with van der Waals surface area (Å²) in [6.07, 6.45) is 0. The Bertz CT molecular complexity index is 1590. The van der Waals surface area contributed by atoms with Crippen molar-refractivity contribution in [1.29, 1.82) is 0 Å². The van der Waals surface area contributed by atoms with Gasteiger partial charge in [0.1, 0.15) is 0 Å². The minimum atomic E-state index is 0.705. The standard InChI is InChI=1S/C36H26ClN/c37-33-17-10-18-35(26-33)38(34-21-19-30(20-22-34)27-11-4-1-5-12-27)36-24-31(28-13-6-2-7-14-28)23-32(25-36)29-15-8-3-9-16-29/h1-26H. The maximum atomic E-state index is 6.50. The molecule has 0 saturated heterocycles. The van der Waals surface area contributed by atoms with E-state index in [1.807, 2.05) is 24.3 Å². The topological polar surface area (TPSA) is 3.24 Å². The lowest BCUT2D eigenvalue weighted by Gasteiger charge is -2.27. The summed E-state index contributed by atoms with van der Waals surface area (Å²) in [6, 6.07) is 55.1. The van der Waals surface area contributed by atoms with Gasteiger partial charge in [0, 0.05) is 22.1 Å². The zero-order valence-electron chi connectivity index (χ0n) is 20.8. The Kier molecular flexibility index (Phi) is 6.76. The molecule has 38 heavy (non-hydrogen) atoms. The van der Waals surface area contributed by atoms with Crippen LogP contribution in [0, 0.1) is 0 Å². The van der Waals surface area contributed by atoms with Gasteiger partial charge in [-0.2, -0.15) is 0 Å². The van der Waals surface area contributed by atoms with Gasteiger partial charge in [0.15, 0.2) is 0 Å². The van der Waals surface area contributed by atoms with Crippen LogP contribution in [0.25, 0.3) is 33.4 Å². The van der Waals surface area contributed by atoms with Crippen LogP contribution in [0.15, 0.2) is 158 Å². The first kappa shape index (κ1) is 23.8. The lowest BCUT2D eigenvalue weighted by molar-refractivity contribution is 1.28. The van der Waals surface area contributed by atoms with Crippen LogP contribution in [-0.2, 0) is 0 Å². The van der Waals surface area contributed by atoms with E-state index in [4.69, 9.17) is 11.6 Å². The summed E-state index contributed by atoms with van der Waals surface area (Å²) in [5.74, 6) is 0. The quantitative estimate of drug-likeness (QED) is 0.216. The van der Waals surface area contributed by atoms with E-state index in [9.17, 15) is 0 Å². The van der Waals surface area contributed by atoms with Crippen LogP contribution in [0.3, 0.4) is 0 Å². The Hall–Kier alpha value is -4.59. The highest BCUT2D eigenvalue weighted by molar-refractivity contribution is 6.30. The molecule has 6 rings (SSSR count). The predicted octanol–water partition coefficient (Wildman–Crippen LogP) is 10.8. The summed E-state index contributed by atoms with van der Waals surface area (Å²) in [5, 5.41) is 0.705. The number of nitrogens with zero attached hydrogens (tertiary/aromatic N) is 1. The van der Waals surface area contributed by atoms with Crippen LogP contribution < -0.4 is 4.90 Å². The highest BCUT2D eigenvalue weighted by Crippen LogP contribution is 2.40. The number of halogens is 1. The fraction of sp³-hybridized carbons (Fsp3) is 0. The highest BCUT2D eigenvalue weighted by atomic mass is 35.5. The van der Waals surface area contributed by atoms with Crippen molar-refractivity contribution in [1.82, 2.24) is 0 Å². The van der Waals surface area contributed by atoms with Crippen LogP contribution in [0.1, 0.15) is 0 Å². The molecule has 6 aromatic rings. The summed E-state index contributed by atoms with van der Waals surface area (Å²) >= 11 is 6.50. The lowest BCUT2D eigenvalue weighted by Crippen LogP contribution is -2.10. The van der Waals surface area contributed by atoms with Crippen LogP contribution >= 0.6 is 11.6 Å². The molecule has 1 nitrogen and oxygen atoms in total. The molecule has 0 unspecified atom stereocenters. The molecule has 0 radical (unpaired) electrons. The van der Waals surface area contributed by atoms with Crippen LogP contribution in [0.4, 0.5) is 17.1 Å². The van der Waals surface area contributed by atoms with Gasteiger partial charge in [-0.05, 0) is 81.9 Å². The molecule has 0 atom stereocenters. The van der Waals surface area contributed by atoms with E-state index in [2.05, 4.69) is 138 Å². The first-order chi connectivity index (χ1) is 18.7. The van der Waals surface area contributed by atoms with Gasteiger partial charge in [0.05, 0.1) is 0 Å². The largest absolute Gasteiger partial charge is 0.310 e. The van der Waals surface area contributed by atoms with Crippen LogP contribution in [-0.4, -0.2) is 0 Å². The van der Waals surface area contributed by atoms with E-state index < -0.39 is 0 Å². The molecular formula is C36H26ClN. The minimum Gasteiger partial charge on any atom is -0.310 e. The fourth-order valence-electron chi connectivity index (χ4n) is 4.83. The molecule has 2 heteroatoms. The molecule has 0 fully saturated rings. The predicted molar refractivity (Wildman–Crippen MR) is 162 cm³/mol. The summed E-state index contributed by atoms with van der Waals surface area (Å²) in [5.41, 5.74) is 10.2. The molecule has 0 spiro atoms. The third-order valence-corrected chi connectivity index (χ3v) is 6.92. The Morgan fingerprint density at radius 3 is 1.29 bits per heavy atom. The third-order valence-electron chi connectivity index (χ3n) is 6.69. The summed E-state index contributed by atoms with van der Waals surface area (Å²) in [6.45, 7) is 0. The summed E-state index contributed by atoms with van der Waals surface area (Å²) in [7, 11) is 0. The van der Waals surface area contributed by atoms with E-state index in [1.165, 1.54) is 22.3 Å². The number of anilines is 3. The zero-order valence-corrected chi connectivity index (χ0v) is 21.6. The molecular weight excluding hydrogens is 482 g/mol. The van der Waals surface area contributed by atoms with Crippen molar-refractivity contribution in [3.05, 3.63) is 163 Å². The number of hydrogen-bond acceptors (Lipinski definition) is 1.